The van der Waals surface area contributed by atoms with Crippen LogP contribution in [0.4, 0.5) is 5.69 Å². The Labute approximate surface area is 133 Å². The van der Waals surface area contributed by atoms with Crippen LogP contribution in [0, 0.1) is 25.2 Å². The van der Waals surface area contributed by atoms with Crippen LogP contribution >= 0.6 is 11.6 Å². The second-order valence-corrected chi connectivity index (χ2v) is 6.68. The first kappa shape index (κ1) is 15.0. The van der Waals surface area contributed by atoms with Gasteiger partial charge in [0.1, 0.15) is 0 Å². The fourth-order valence-corrected chi connectivity index (χ4v) is 3.84. The zero-order chi connectivity index (χ0) is 16.4. The highest BCUT2D eigenvalue weighted by molar-refractivity contribution is 6.48. The van der Waals surface area contributed by atoms with E-state index >= 15 is 0 Å². The van der Waals surface area contributed by atoms with E-state index in [2.05, 4.69) is 4.74 Å². The second-order valence-electron chi connectivity index (χ2n) is 6.09. The van der Waals surface area contributed by atoms with Crippen molar-refractivity contribution in [2.75, 3.05) is 12.0 Å². The van der Waals surface area contributed by atoms with Gasteiger partial charge in [-0.3, -0.25) is 14.4 Å². The average Bonchev–Trinajstić information content (AvgIpc) is 2.91. The van der Waals surface area contributed by atoms with Crippen molar-refractivity contribution in [1.82, 2.24) is 0 Å². The van der Waals surface area contributed by atoms with Crippen LogP contribution in [0.1, 0.15) is 18.1 Å². The number of fused-ring (bicyclic) bond motifs is 1. The van der Waals surface area contributed by atoms with Crippen LogP contribution in [-0.2, 0) is 19.1 Å². The number of rotatable bonds is 2. The third-order valence-electron chi connectivity index (χ3n) is 4.99. The van der Waals surface area contributed by atoms with Crippen LogP contribution in [0.5, 0.6) is 0 Å². The molecule has 1 heterocycles. The maximum atomic E-state index is 12.7. The highest BCUT2D eigenvalue weighted by Gasteiger charge is 2.90. The smallest absolute Gasteiger partial charge is 0.328 e. The van der Waals surface area contributed by atoms with E-state index in [-0.39, 0.29) is 0 Å². The summed E-state index contributed by atoms with van der Waals surface area (Å²) in [5.74, 6) is -2.51. The lowest BCUT2D eigenvalue weighted by atomic mass is 10.0. The standard InChI is InChI=1S/C16H16ClNO4/c1-8-5-6-10(7-9(8)2)18-12(19)11-15(3,13(18)20)16(11,17)14(21)22-4/h5-7,11H,1-4H3/t11-,15-,16+/m0/s1. The molecule has 116 valence electrons. The number of halogens is 1. The number of hydrogen-bond donors (Lipinski definition) is 0. The Balaban J connectivity index is 2.01. The normalized spacial score (nSPS) is 33.0. The van der Waals surface area contributed by atoms with Gasteiger partial charge in [-0.05, 0) is 44.0 Å². The summed E-state index contributed by atoms with van der Waals surface area (Å²) < 4.78 is 4.66. The number of imide groups is 1. The third kappa shape index (κ3) is 1.47. The van der Waals surface area contributed by atoms with Crippen LogP contribution in [-0.4, -0.2) is 29.8 Å². The molecule has 3 rings (SSSR count). The number of aryl methyl sites for hydroxylation is 2. The largest absolute Gasteiger partial charge is 0.468 e. The number of methoxy groups -OCH3 is 1. The lowest BCUT2D eigenvalue weighted by Gasteiger charge is -2.23. The molecule has 5 nitrogen and oxygen atoms in total. The number of esters is 1. The average molecular weight is 322 g/mol. The highest BCUT2D eigenvalue weighted by Crippen LogP contribution is 2.71. The van der Waals surface area contributed by atoms with E-state index in [1.165, 1.54) is 7.11 Å². The predicted molar refractivity (Wildman–Crippen MR) is 80.6 cm³/mol. The molecular weight excluding hydrogens is 306 g/mol. The van der Waals surface area contributed by atoms with Gasteiger partial charge in [0.25, 0.3) is 0 Å². The Morgan fingerprint density at radius 2 is 1.91 bits per heavy atom. The van der Waals surface area contributed by atoms with Gasteiger partial charge in [-0.2, -0.15) is 0 Å². The number of carbonyl (C=O) groups excluding carboxylic acids is 3. The molecule has 0 N–H and O–H groups in total. The van der Waals surface area contributed by atoms with Gasteiger partial charge in [-0.25, -0.2) is 4.90 Å². The molecule has 0 spiro atoms. The lowest BCUT2D eigenvalue weighted by Crippen LogP contribution is -2.43. The predicted octanol–water partition coefficient (Wildman–Crippen LogP) is 1.96. The maximum absolute atomic E-state index is 12.7. The van der Waals surface area contributed by atoms with Gasteiger partial charge < -0.3 is 4.74 Å². The zero-order valence-corrected chi connectivity index (χ0v) is 13.5. The van der Waals surface area contributed by atoms with Gasteiger partial charge in [0.2, 0.25) is 11.8 Å². The van der Waals surface area contributed by atoms with Crippen LogP contribution in [0.3, 0.4) is 0 Å². The summed E-state index contributed by atoms with van der Waals surface area (Å²) in [6.45, 7) is 5.40. The second kappa shape index (κ2) is 4.32. The lowest BCUT2D eigenvalue weighted by molar-refractivity contribution is -0.144. The van der Waals surface area contributed by atoms with Gasteiger partial charge in [0.05, 0.1) is 24.1 Å². The van der Waals surface area contributed by atoms with Gasteiger partial charge in [0.15, 0.2) is 4.87 Å². The molecule has 0 aromatic heterocycles. The van der Waals surface area contributed by atoms with E-state index in [9.17, 15) is 14.4 Å². The fourth-order valence-electron chi connectivity index (χ4n) is 3.32. The summed E-state index contributed by atoms with van der Waals surface area (Å²) in [6.07, 6.45) is 0. The van der Waals surface area contributed by atoms with E-state index in [0.717, 1.165) is 16.0 Å². The molecule has 1 aliphatic heterocycles. The summed E-state index contributed by atoms with van der Waals surface area (Å²) >= 11 is 6.26. The van der Waals surface area contributed by atoms with Crippen LogP contribution in [0.25, 0.3) is 0 Å². The monoisotopic (exact) mass is 321 g/mol. The number of piperidine rings is 1. The molecule has 1 aliphatic carbocycles. The van der Waals surface area contributed by atoms with E-state index in [1.54, 1.807) is 19.1 Å². The Morgan fingerprint density at radius 3 is 2.36 bits per heavy atom. The first-order valence-corrected chi connectivity index (χ1v) is 7.32. The van der Waals surface area contributed by atoms with Crippen molar-refractivity contribution in [3.8, 4) is 0 Å². The molecule has 0 bridgehead atoms. The molecule has 3 atom stereocenters. The molecule has 1 saturated carbocycles. The third-order valence-corrected chi connectivity index (χ3v) is 5.76. The molecule has 1 aromatic rings. The molecule has 0 unspecified atom stereocenters. The molecule has 6 heteroatoms. The summed E-state index contributed by atoms with van der Waals surface area (Å²) in [5, 5.41) is 0. The Hall–Kier alpha value is -1.88. The van der Waals surface area contributed by atoms with Crippen molar-refractivity contribution < 1.29 is 19.1 Å². The Bertz CT molecular complexity index is 731. The number of alkyl halides is 1. The van der Waals surface area contributed by atoms with Gasteiger partial charge in [-0.15, -0.1) is 11.6 Å². The van der Waals surface area contributed by atoms with Crippen molar-refractivity contribution in [2.45, 2.75) is 25.6 Å². The maximum Gasteiger partial charge on any atom is 0.328 e. The topological polar surface area (TPSA) is 63.7 Å². The zero-order valence-electron chi connectivity index (χ0n) is 12.8. The number of anilines is 1. The summed E-state index contributed by atoms with van der Waals surface area (Å²) in [7, 11) is 1.19. The number of benzene rings is 1. The van der Waals surface area contributed by atoms with Crippen molar-refractivity contribution >= 4 is 35.1 Å². The molecule has 22 heavy (non-hydrogen) atoms. The minimum Gasteiger partial charge on any atom is -0.468 e. The van der Waals surface area contributed by atoms with E-state index in [4.69, 9.17) is 11.6 Å². The quantitative estimate of drug-likeness (QED) is 0.474. The van der Waals surface area contributed by atoms with Crippen LogP contribution in [0.15, 0.2) is 18.2 Å². The number of hydrogen-bond acceptors (Lipinski definition) is 4. The van der Waals surface area contributed by atoms with Crippen LogP contribution < -0.4 is 4.90 Å². The Morgan fingerprint density at radius 1 is 1.27 bits per heavy atom. The van der Waals surface area contributed by atoms with E-state index in [0.29, 0.717) is 5.69 Å². The molecule has 1 aromatic carbocycles. The molecule has 0 radical (unpaired) electrons. The number of amides is 2. The molecule has 2 fully saturated rings. The SMILES string of the molecule is COC(=O)[C@]1(Cl)[C@H]2C(=O)N(c3ccc(C)c(C)c3)C(=O)[C@]21C. The highest BCUT2D eigenvalue weighted by atomic mass is 35.5. The van der Waals surface area contributed by atoms with Gasteiger partial charge in [-0.1, -0.05) is 6.07 Å². The van der Waals surface area contributed by atoms with E-state index < -0.39 is 34.0 Å². The van der Waals surface area contributed by atoms with Crippen molar-refractivity contribution in [3.05, 3.63) is 29.3 Å². The summed E-state index contributed by atoms with van der Waals surface area (Å²) in [5.41, 5.74) is 1.32. The molecule has 2 aliphatic rings. The first-order chi connectivity index (χ1) is 10.2. The first-order valence-electron chi connectivity index (χ1n) is 6.94. The number of ether oxygens (including phenoxy) is 1. The van der Waals surface area contributed by atoms with E-state index in [1.807, 2.05) is 19.9 Å². The molecule has 2 amide bonds. The fraction of sp³-hybridized carbons (Fsp3) is 0.438. The summed E-state index contributed by atoms with van der Waals surface area (Å²) in [4.78, 5) is 36.8. The van der Waals surface area contributed by atoms with Crippen molar-refractivity contribution in [1.29, 1.82) is 0 Å². The van der Waals surface area contributed by atoms with Crippen LogP contribution in [0.2, 0.25) is 0 Å². The number of nitrogens with zero attached hydrogens (tertiary/aromatic N) is 1. The minimum absolute atomic E-state index is 0.448. The summed E-state index contributed by atoms with van der Waals surface area (Å²) in [6, 6.07) is 5.36. The van der Waals surface area contributed by atoms with Crippen molar-refractivity contribution in [2.24, 2.45) is 11.3 Å². The Kier molecular flexibility index (Phi) is 2.95. The molecular formula is C16H16ClNO4. The number of carbonyl (C=O) groups is 3. The molecule has 1 saturated heterocycles. The minimum atomic E-state index is -1.58. The van der Waals surface area contributed by atoms with Gasteiger partial charge in [0, 0.05) is 0 Å². The van der Waals surface area contributed by atoms with Crippen molar-refractivity contribution in [3.63, 3.8) is 0 Å². The van der Waals surface area contributed by atoms with Gasteiger partial charge >= 0.3 is 5.97 Å².